The van der Waals surface area contributed by atoms with Gasteiger partial charge >= 0.3 is 0 Å². The summed E-state index contributed by atoms with van der Waals surface area (Å²) in [7, 11) is 1.78. The Morgan fingerprint density at radius 2 is 2.24 bits per heavy atom. The molecule has 0 bridgehead atoms. The van der Waals surface area contributed by atoms with E-state index in [0.717, 1.165) is 16.4 Å². The second kappa shape index (κ2) is 6.39. The zero-order chi connectivity index (χ0) is 12.8. The SMILES string of the molecule is CCNC(=O)CN(C)c1cc(Br)ccc1C=O. The Morgan fingerprint density at radius 1 is 1.53 bits per heavy atom. The fraction of sp³-hybridized carbons (Fsp3) is 0.333. The molecule has 1 rings (SSSR count). The van der Waals surface area contributed by atoms with E-state index in [1.54, 1.807) is 24.1 Å². The minimum absolute atomic E-state index is 0.0631. The molecular formula is C12H15BrN2O2. The van der Waals surface area contributed by atoms with Crippen molar-refractivity contribution in [2.24, 2.45) is 0 Å². The number of carbonyl (C=O) groups is 2. The summed E-state index contributed by atoms with van der Waals surface area (Å²) in [6, 6.07) is 5.34. The van der Waals surface area contributed by atoms with Crippen molar-refractivity contribution in [2.45, 2.75) is 6.92 Å². The summed E-state index contributed by atoms with van der Waals surface area (Å²) >= 11 is 3.35. The number of hydrogen-bond acceptors (Lipinski definition) is 3. The van der Waals surface area contributed by atoms with Gasteiger partial charge in [0.2, 0.25) is 5.91 Å². The number of nitrogens with one attached hydrogen (secondary N) is 1. The van der Waals surface area contributed by atoms with E-state index in [1.807, 2.05) is 13.0 Å². The minimum Gasteiger partial charge on any atom is -0.365 e. The van der Waals surface area contributed by atoms with Crippen LogP contribution in [0.15, 0.2) is 22.7 Å². The maximum Gasteiger partial charge on any atom is 0.239 e. The molecule has 0 spiro atoms. The maximum absolute atomic E-state index is 11.5. The average Bonchev–Trinajstić information content (AvgIpc) is 2.29. The summed E-state index contributed by atoms with van der Waals surface area (Å²) in [5, 5.41) is 2.72. The van der Waals surface area contributed by atoms with Crippen molar-refractivity contribution < 1.29 is 9.59 Å². The number of likely N-dealkylation sites (N-methyl/N-ethyl adjacent to an activating group) is 2. The molecule has 0 heterocycles. The minimum atomic E-state index is -0.0631. The van der Waals surface area contributed by atoms with Crippen molar-refractivity contribution in [2.75, 3.05) is 25.0 Å². The topological polar surface area (TPSA) is 49.4 Å². The molecule has 0 aromatic heterocycles. The predicted octanol–water partition coefficient (Wildman–Crippen LogP) is 1.83. The molecular weight excluding hydrogens is 284 g/mol. The van der Waals surface area contributed by atoms with Crippen LogP contribution in [0.3, 0.4) is 0 Å². The number of halogens is 1. The molecule has 1 N–H and O–H groups in total. The van der Waals surface area contributed by atoms with Crippen molar-refractivity contribution in [3.8, 4) is 0 Å². The largest absolute Gasteiger partial charge is 0.365 e. The molecule has 0 radical (unpaired) electrons. The number of benzene rings is 1. The molecule has 17 heavy (non-hydrogen) atoms. The predicted molar refractivity (Wildman–Crippen MR) is 71.5 cm³/mol. The second-order valence-electron chi connectivity index (χ2n) is 3.63. The standard InChI is InChI=1S/C12H15BrN2O2/c1-3-14-12(17)7-15(2)11-6-10(13)5-4-9(11)8-16/h4-6,8H,3,7H2,1-2H3,(H,14,17). The Labute approximate surface area is 109 Å². The van der Waals surface area contributed by atoms with E-state index in [9.17, 15) is 9.59 Å². The van der Waals surface area contributed by atoms with Gasteiger partial charge in [0.1, 0.15) is 0 Å². The molecule has 1 aromatic rings. The van der Waals surface area contributed by atoms with Crippen LogP contribution in [-0.2, 0) is 4.79 Å². The van der Waals surface area contributed by atoms with E-state index in [4.69, 9.17) is 0 Å². The van der Waals surface area contributed by atoms with Gasteiger partial charge in [-0.2, -0.15) is 0 Å². The summed E-state index contributed by atoms with van der Waals surface area (Å²) in [4.78, 5) is 24.1. The number of nitrogens with zero attached hydrogens (tertiary/aromatic N) is 1. The van der Waals surface area contributed by atoms with Gasteiger partial charge < -0.3 is 10.2 Å². The van der Waals surface area contributed by atoms with Crippen LogP contribution < -0.4 is 10.2 Å². The van der Waals surface area contributed by atoms with Gasteiger partial charge in [-0.1, -0.05) is 15.9 Å². The molecule has 0 aliphatic carbocycles. The van der Waals surface area contributed by atoms with E-state index in [1.165, 1.54) is 0 Å². The number of carbonyl (C=O) groups excluding carboxylic acids is 2. The smallest absolute Gasteiger partial charge is 0.239 e. The molecule has 1 amide bonds. The van der Waals surface area contributed by atoms with Crippen LogP contribution in [0.5, 0.6) is 0 Å². The molecule has 4 nitrogen and oxygen atoms in total. The molecule has 0 fully saturated rings. The highest BCUT2D eigenvalue weighted by Gasteiger charge is 2.10. The Hall–Kier alpha value is -1.36. The Balaban J connectivity index is 2.87. The monoisotopic (exact) mass is 298 g/mol. The van der Waals surface area contributed by atoms with Crippen LogP contribution in [0.4, 0.5) is 5.69 Å². The normalized spacial score (nSPS) is 9.82. The van der Waals surface area contributed by atoms with Crippen molar-refractivity contribution in [1.29, 1.82) is 0 Å². The van der Waals surface area contributed by atoms with Crippen molar-refractivity contribution in [1.82, 2.24) is 5.32 Å². The lowest BCUT2D eigenvalue weighted by Crippen LogP contribution is -2.35. The van der Waals surface area contributed by atoms with Gasteiger partial charge in [-0.15, -0.1) is 0 Å². The van der Waals surface area contributed by atoms with E-state index >= 15 is 0 Å². The first kappa shape index (κ1) is 13.7. The fourth-order valence-electron chi connectivity index (χ4n) is 1.50. The Kier molecular flexibility index (Phi) is 5.15. The van der Waals surface area contributed by atoms with Crippen LogP contribution in [0.1, 0.15) is 17.3 Å². The number of aldehydes is 1. The zero-order valence-corrected chi connectivity index (χ0v) is 11.5. The van der Waals surface area contributed by atoms with Gasteiger partial charge in [0.25, 0.3) is 0 Å². The highest BCUT2D eigenvalue weighted by atomic mass is 79.9. The summed E-state index contributed by atoms with van der Waals surface area (Å²) in [6.45, 7) is 2.70. The lowest BCUT2D eigenvalue weighted by molar-refractivity contribution is -0.119. The van der Waals surface area contributed by atoms with E-state index < -0.39 is 0 Å². The second-order valence-corrected chi connectivity index (χ2v) is 4.55. The van der Waals surface area contributed by atoms with Crippen molar-refractivity contribution >= 4 is 33.8 Å². The van der Waals surface area contributed by atoms with Crippen LogP contribution >= 0.6 is 15.9 Å². The summed E-state index contributed by atoms with van der Waals surface area (Å²) in [5.41, 5.74) is 1.31. The third-order valence-corrected chi connectivity index (χ3v) is 2.78. The molecule has 1 aromatic carbocycles. The quantitative estimate of drug-likeness (QED) is 0.844. The number of anilines is 1. The first-order valence-corrected chi connectivity index (χ1v) is 6.10. The molecule has 0 aliphatic rings. The lowest BCUT2D eigenvalue weighted by Gasteiger charge is -2.20. The number of hydrogen-bond donors (Lipinski definition) is 1. The van der Waals surface area contributed by atoms with Gasteiger partial charge in [-0.05, 0) is 25.1 Å². The molecule has 0 unspecified atom stereocenters. The Bertz CT molecular complexity index is 421. The van der Waals surface area contributed by atoms with Crippen LogP contribution in [0.25, 0.3) is 0 Å². The third-order valence-electron chi connectivity index (χ3n) is 2.29. The Morgan fingerprint density at radius 3 is 2.82 bits per heavy atom. The van der Waals surface area contributed by atoms with Gasteiger partial charge in [-0.25, -0.2) is 0 Å². The fourth-order valence-corrected chi connectivity index (χ4v) is 1.85. The molecule has 0 atom stereocenters. The molecule has 5 heteroatoms. The molecule has 0 saturated carbocycles. The highest BCUT2D eigenvalue weighted by molar-refractivity contribution is 9.10. The lowest BCUT2D eigenvalue weighted by atomic mass is 10.2. The summed E-state index contributed by atoms with van der Waals surface area (Å²) in [6.07, 6.45) is 0.788. The van der Waals surface area contributed by atoms with Gasteiger partial charge in [0.15, 0.2) is 6.29 Å². The summed E-state index contributed by atoms with van der Waals surface area (Å²) in [5.74, 6) is -0.0631. The van der Waals surface area contributed by atoms with Gasteiger partial charge in [-0.3, -0.25) is 9.59 Å². The van der Waals surface area contributed by atoms with E-state index in [-0.39, 0.29) is 12.5 Å². The van der Waals surface area contributed by atoms with Crippen molar-refractivity contribution in [3.63, 3.8) is 0 Å². The third kappa shape index (κ3) is 3.85. The van der Waals surface area contributed by atoms with Gasteiger partial charge in [0, 0.05) is 29.3 Å². The first-order valence-electron chi connectivity index (χ1n) is 5.31. The van der Waals surface area contributed by atoms with E-state index in [0.29, 0.717) is 12.1 Å². The maximum atomic E-state index is 11.5. The van der Waals surface area contributed by atoms with Crippen molar-refractivity contribution in [3.05, 3.63) is 28.2 Å². The average molecular weight is 299 g/mol. The summed E-state index contributed by atoms with van der Waals surface area (Å²) < 4.78 is 0.876. The zero-order valence-electron chi connectivity index (χ0n) is 9.87. The van der Waals surface area contributed by atoms with Crippen LogP contribution in [0, 0.1) is 0 Å². The van der Waals surface area contributed by atoms with Crippen LogP contribution in [-0.4, -0.2) is 32.3 Å². The molecule has 92 valence electrons. The van der Waals surface area contributed by atoms with E-state index in [2.05, 4.69) is 21.2 Å². The molecule has 0 aliphatic heterocycles. The number of amides is 1. The van der Waals surface area contributed by atoms with Crippen LogP contribution in [0.2, 0.25) is 0 Å². The first-order chi connectivity index (χ1) is 8.08. The van der Waals surface area contributed by atoms with Gasteiger partial charge in [0.05, 0.1) is 6.54 Å². The highest BCUT2D eigenvalue weighted by Crippen LogP contribution is 2.22. The number of rotatable bonds is 5. The molecule has 0 saturated heterocycles.